The molecule has 0 aliphatic carbocycles. The number of piperidine rings is 1. The number of nitrogens with one attached hydrogen (secondary N) is 2. The third kappa shape index (κ3) is 2.88. The molecule has 20 heavy (non-hydrogen) atoms. The predicted octanol–water partition coefficient (Wildman–Crippen LogP) is 1.82. The maximum absolute atomic E-state index is 4.45. The fraction of sp³-hybridized carbons (Fsp3) is 0.533. The van der Waals surface area contributed by atoms with E-state index in [9.17, 15) is 0 Å². The summed E-state index contributed by atoms with van der Waals surface area (Å²) in [6, 6.07) is 4.85. The van der Waals surface area contributed by atoms with E-state index in [1.165, 1.54) is 24.2 Å². The Morgan fingerprint density at radius 2 is 2.40 bits per heavy atom. The van der Waals surface area contributed by atoms with Gasteiger partial charge < -0.3 is 15.2 Å². The second kappa shape index (κ2) is 5.71. The van der Waals surface area contributed by atoms with E-state index in [2.05, 4.69) is 45.6 Å². The zero-order chi connectivity index (χ0) is 13.9. The van der Waals surface area contributed by atoms with E-state index in [4.69, 9.17) is 0 Å². The molecule has 1 atom stereocenters. The molecule has 2 aromatic heterocycles. The van der Waals surface area contributed by atoms with Crippen LogP contribution in [-0.4, -0.2) is 33.9 Å². The molecule has 0 aromatic carbocycles. The first kappa shape index (κ1) is 13.2. The molecule has 108 valence electrons. The second-order valence-electron chi connectivity index (χ2n) is 5.65. The average molecular weight is 273 g/mol. The van der Waals surface area contributed by atoms with E-state index in [1.807, 2.05) is 17.9 Å². The maximum Gasteiger partial charge on any atom is 0.126 e. The van der Waals surface area contributed by atoms with Gasteiger partial charge in [0, 0.05) is 51.2 Å². The van der Waals surface area contributed by atoms with E-state index < -0.39 is 0 Å². The third-order valence-corrected chi connectivity index (χ3v) is 3.98. The van der Waals surface area contributed by atoms with Crippen molar-refractivity contribution in [1.82, 2.24) is 20.1 Å². The van der Waals surface area contributed by atoms with Crippen LogP contribution in [0.1, 0.15) is 24.1 Å². The smallest absolute Gasteiger partial charge is 0.126 e. The zero-order valence-electron chi connectivity index (χ0n) is 12.3. The number of H-pyrrole nitrogens is 1. The van der Waals surface area contributed by atoms with Crippen LogP contribution >= 0.6 is 0 Å². The van der Waals surface area contributed by atoms with Gasteiger partial charge in [-0.15, -0.1) is 0 Å². The van der Waals surface area contributed by atoms with Crippen LogP contribution in [0.15, 0.2) is 24.5 Å². The SMILES string of the molecule is Cc1cc(N2CCCC(NCc3cc[nH]c3)C2)n(C)n1. The van der Waals surface area contributed by atoms with Crippen molar-refractivity contribution in [3.05, 3.63) is 35.8 Å². The number of aromatic nitrogens is 3. The number of anilines is 1. The Bertz CT molecular complexity index is 543. The lowest BCUT2D eigenvalue weighted by molar-refractivity contribution is 0.417. The highest BCUT2D eigenvalue weighted by Crippen LogP contribution is 2.20. The summed E-state index contributed by atoms with van der Waals surface area (Å²) in [6.07, 6.45) is 6.51. The second-order valence-corrected chi connectivity index (χ2v) is 5.65. The van der Waals surface area contributed by atoms with Crippen LogP contribution in [0, 0.1) is 6.92 Å². The monoisotopic (exact) mass is 273 g/mol. The summed E-state index contributed by atoms with van der Waals surface area (Å²) < 4.78 is 1.99. The summed E-state index contributed by atoms with van der Waals surface area (Å²) in [5.41, 5.74) is 2.41. The Balaban J connectivity index is 1.60. The first-order valence-electron chi connectivity index (χ1n) is 7.33. The number of aromatic amines is 1. The van der Waals surface area contributed by atoms with Crippen LogP contribution in [0.4, 0.5) is 5.82 Å². The minimum atomic E-state index is 0.550. The van der Waals surface area contributed by atoms with Crippen molar-refractivity contribution in [2.45, 2.75) is 32.4 Å². The molecule has 0 saturated carbocycles. The molecule has 3 heterocycles. The Morgan fingerprint density at radius 1 is 1.50 bits per heavy atom. The molecule has 3 rings (SSSR count). The third-order valence-electron chi connectivity index (χ3n) is 3.98. The molecule has 0 radical (unpaired) electrons. The van der Waals surface area contributed by atoms with Gasteiger partial charge in [-0.25, -0.2) is 0 Å². The van der Waals surface area contributed by atoms with Crippen LogP contribution < -0.4 is 10.2 Å². The first-order valence-corrected chi connectivity index (χ1v) is 7.33. The van der Waals surface area contributed by atoms with Gasteiger partial charge in [-0.05, 0) is 31.4 Å². The molecule has 5 nitrogen and oxygen atoms in total. The van der Waals surface area contributed by atoms with Crippen LogP contribution in [0.3, 0.4) is 0 Å². The highest BCUT2D eigenvalue weighted by atomic mass is 15.4. The van der Waals surface area contributed by atoms with Crippen LogP contribution in [0.5, 0.6) is 0 Å². The Kier molecular flexibility index (Phi) is 3.78. The van der Waals surface area contributed by atoms with Crippen molar-refractivity contribution in [2.24, 2.45) is 7.05 Å². The van der Waals surface area contributed by atoms with Crippen LogP contribution in [0.25, 0.3) is 0 Å². The fourth-order valence-electron chi connectivity index (χ4n) is 2.98. The van der Waals surface area contributed by atoms with Gasteiger partial charge in [0.1, 0.15) is 5.82 Å². The molecule has 1 fully saturated rings. The Morgan fingerprint density at radius 3 is 3.10 bits per heavy atom. The fourth-order valence-corrected chi connectivity index (χ4v) is 2.98. The summed E-state index contributed by atoms with van der Waals surface area (Å²) >= 11 is 0. The van der Waals surface area contributed by atoms with Crippen molar-refractivity contribution >= 4 is 5.82 Å². The lowest BCUT2D eigenvalue weighted by Crippen LogP contribution is -2.46. The summed E-state index contributed by atoms with van der Waals surface area (Å²) in [5.74, 6) is 1.23. The molecule has 0 spiro atoms. The molecule has 2 aromatic rings. The summed E-state index contributed by atoms with van der Waals surface area (Å²) in [6.45, 7) is 5.17. The van der Waals surface area contributed by atoms with Gasteiger partial charge in [-0.1, -0.05) is 0 Å². The lowest BCUT2D eigenvalue weighted by Gasteiger charge is -2.34. The van der Waals surface area contributed by atoms with Gasteiger partial charge in [0.05, 0.1) is 5.69 Å². The molecule has 1 aliphatic rings. The molecule has 0 amide bonds. The number of aryl methyl sites for hydroxylation is 2. The van der Waals surface area contributed by atoms with Crippen LogP contribution in [-0.2, 0) is 13.6 Å². The Labute approximate surface area is 120 Å². The van der Waals surface area contributed by atoms with Crippen molar-refractivity contribution < 1.29 is 0 Å². The lowest BCUT2D eigenvalue weighted by atomic mass is 10.1. The Hall–Kier alpha value is -1.75. The minimum absolute atomic E-state index is 0.550. The quantitative estimate of drug-likeness (QED) is 0.893. The van der Waals surface area contributed by atoms with Crippen molar-refractivity contribution in [3.8, 4) is 0 Å². The highest BCUT2D eigenvalue weighted by Gasteiger charge is 2.21. The maximum atomic E-state index is 4.45. The van der Waals surface area contributed by atoms with E-state index in [0.717, 1.165) is 25.3 Å². The molecule has 1 aliphatic heterocycles. The number of hydrogen-bond acceptors (Lipinski definition) is 3. The standard InChI is InChI=1S/C15H23N5/c1-12-8-15(19(2)18-12)20-7-3-4-14(11-20)17-10-13-5-6-16-9-13/h5-6,8-9,14,16-17H,3-4,7,10-11H2,1-2H3. The largest absolute Gasteiger partial charge is 0.367 e. The van der Waals surface area contributed by atoms with Crippen LogP contribution in [0.2, 0.25) is 0 Å². The van der Waals surface area contributed by atoms with Crippen molar-refractivity contribution in [3.63, 3.8) is 0 Å². The van der Waals surface area contributed by atoms with Crippen molar-refractivity contribution in [2.75, 3.05) is 18.0 Å². The van der Waals surface area contributed by atoms with E-state index in [1.54, 1.807) is 0 Å². The molecule has 1 saturated heterocycles. The van der Waals surface area contributed by atoms with Gasteiger partial charge in [-0.3, -0.25) is 4.68 Å². The predicted molar refractivity (Wildman–Crippen MR) is 80.8 cm³/mol. The van der Waals surface area contributed by atoms with Gasteiger partial charge in [-0.2, -0.15) is 5.10 Å². The highest BCUT2D eigenvalue weighted by molar-refractivity contribution is 5.41. The van der Waals surface area contributed by atoms with Crippen molar-refractivity contribution in [1.29, 1.82) is 0 Å². The molecule has 2 N–H and O–H groups in total. The normalized spacial score (nSPS) is 19.5. The number of rotatable bonds is 4. The topological polar surface area (TPSA) is 48.9 Å². The molecule has 0 bridgehead atoms. The summed E-state index contributed by atoms with van der Waals surface area (Å²) in [5, 5.41) is 8.11. The average Bonchev–Trinajstić information content (AvgIpc) is 3.06. The molecular weight excluding hydrogens is 250 g/mol. The van der Waals surface area contributed by atoms with Gasteiger partial charge in [0.25, 0.3) is 0 Å². The van der Waals surface area contributed by atoms with E-state index in [-0.39, 0.29) is 0 Å². The first-order chi connectivity index (χ1) is 9.72. The summed E-state index contributed by atoms with van der Waals surface area (Å²) in [7, 11) is 2.03. The molecular formula is C15H23N5. The number of hydrogen-bond donors (Lipinski definition) is 2. The summed E-state index contributed by atoms with van der Waals surface area (Å²) in [4.78, 5) is 5.54. The van der Waals surface area contributed by atoms with E-state index in [0.29, 0.717) is 6.04 Å². The minimum Gasteiger partial charge on any atom is -0.367 e. The molecule has 1 unspecified atom stereocenters. The van der Waals surface area contributed by atoms with E-state index >= 15 is 0 Å². The molecule has 5 heteroatoms. The number of nitrogens with zero attached hydrogens (tertiary/aromatic N) is 3. The van der Waals surface area contributed by atoms with Gasteiger partial charge >= 0.3 is 0 Å². The van der Waals surface area contributed by atoms with Gasteiger partial charge in [0.2, 0.25) is 0 Å². The zero-order valence-corrected chi connectivity index (χ0v) is 12.3. The van der Waals surface area contributed by atoms with Gasteiger partial charge in [0.15, 0.2) is 0 Å².